The molecule has 8 heteroatoms. The van der Waals surface area contributed by atoms with Crippen LogP contribution in [0.3, 0.4) is 0 Å². The first kappa shape index (κ1) is 16.4. The van der Waals surface area contributed by atoms with Crippen molar-refractivity contribution in [1.82, 2.24) is 24.9 Å². The van der Waals surface area contributed by atoms with Crippen LogP contribution in [0, 0.1) is 0 Å². The summed E-state index contributed by atoms with van der Waals surface area (Å²) in [5.41, 5.74) is 1.69. The molecule has 0 bridgehead atoms. The lowest BCUT2D eigenvalue weighted by molar-refractivity contribution is -0.0379. The second-order valence-corrected chi connectivity index (χ2v) is 8.22. The van der Waals surface area contributed by atoms with Gasteiger partial charge in [-0.25, -0.2) is 14.5 Å². The van der Waals surface area contributed by atoms with E-state index >= 15 is 0 Å². The van der Waals surface area contributed by atoms with Gasteiger partial charge in [0.15, 0.2) is 5.65 Å². The Labute approximate surface area is 149 Å². The van der Waals surface area contributed by atoms with E-state index in [2.05, 4.69) is 34.2 Å². The molecule has 4 heterocycles. The fraction of sp³-hybridized carbons (Fsp3) is 0.529. The van der Waals surface area contributed by atoms with Crippen LogP contribution in [0.5, 0.6) is 0 Å². The number of amides is 1. The summed E-state index contributed by atoms with van der Waals surface area (Å²) < 4.78 is 7.51. The Morgan fingerprint density at radius 3 is 3.08 bits per heavy atom. The SMILES string of the molecule is CC[C@H](C)NC(=O)c1nc2c3c4c(sc3ncn2n1)COC(C)(C)C4. The molecule has 1 aliphatic rings. The molecule has 1 atom stereocenters. The van der Waals surface area contributed by atoms with Crippen molar-refractivity contribution in [2.24, 2.45) is 0 Å². The van der Waals surface area contributed by atoms with Crippen molar-refractivity contribution >= 4 is 33.1 Å². The van der Waals surface area contributed by atoms with E-state index < -0.39 is 0 Å². The van der Waals surface area contributed by atoms with E-state index in [0.29, 0.717) is 12.3 Å². The van der Waals surface area contributed by atoms with Crippen molar-refractivity contribution in [1.29, 1.82) is 0 Å². The summed E-state index contributed by atoms with van der Waals surface area (Å²) in [5.74, 6) is -0.0696. The molecule has 0 aliphatic carbocycles. The van der Waals surface area contributed by atoms with E-state index in [1.54, 1.807) is 22.2 Å². The second-order valence-electron chi connectivity index (χ2n) is 7.14. The fourth-order valence-electron chi connectivity index (χ4n) is 3.03. The Bertz CT molecular complexity index is 974. The molecule has 0 spiro atoms. The Morgan fingerprint density at radius 2 is 2.32 bits per heavy atom. The molecular formula is C17H21N5O2S. The number of nitrogens with one attached hydrogen (secondary N) is 1. The molecule has 7 nitrogen and oxygen atoms in total. The van der Waals surface area contributed by atoms with Crippen LogP contribution >= 0.6 is 11.3 Å². The molecule has 0 radical (unpaired) electrons. The highest BCUT2D eigenvalue weighted by Gasteiger charge is 2.31. The van der Waals surface area contributed by atoms with Gasteiger partial charge < -0.3 is 10.1 Å². The Hall–Kier alpha value is -2.06. The maximum Gasteiger partial charge on any atom is 0.291 e. The van der Waals surface area contributed by atoms with Crippen LogP contribution in [-0.4, -0.2) is 37.1 Å². The summed E-state index contributed by atoms with van der Waals surface area (Å²) in [4.78, 5) is 23.5. The molecule has 4 rings (SSSR count). The van der Waals surface area contributed by atoms with Crippen LogP contribution in [0.15, 0.2) is 6.33 Å². The summed E-state index contributed by atoms with van der Waals surface area (Å²) in [6.07, 6.45) is 3.28. The van der Waals surface area contributed by atoms with Gasteiger partial charge in [-0.15, -0.1) is 16.4 Å². The average Bonchev–Trinajstić information content (AvgIpc) is 3.14. The predicted molar refractivity (Wildman–Crippen MR) is 96.0 cm³/mol. The summed E-state index contributed by atoms with van der Waals surface area (Å²) >= 11 is 1.63. The maximum absolute atomic E-state index is 12.4. The number of thiophene rings is 1. The topological polar surface area (TPSA) is 81.4 Å². The van der Waals surface area contributed by atoms with Crippen molar-refractivity contribution in [2.45, 2.75) is 58.8 Å². The van der Waals surface area contributed by atoms with E-state index in [-0.39, 0.29) is 23.4 Å². The lowest BCUT2D eigenvalue weighted by atomic mass is 9.94. The van der Waals surface area contributed by atoms with Crippen molar-refractivity contribution in [2.75, 3.05) is 0 Å². The van der Waals surface area contributed by atoms with E-state index in [1.165, 1.54) is 10.4 Å². The number of carbonyl (C=O) groups excluding carboxylic acids is 1. The van der Waals surface area contributed by atoms with Gasteiger partial charge in [0.25, 0.3) is 5.91 Å². The molecule has 0 unspecified atom stereocenters. The lowest BCUT2D eigenvalue weighted by Crippen LogP contribution is -2.32. The molecule has 0 saturated carbocycles. The van der Waals surface area contributed by atoms with E-state index in [0.717, 1.165) is 23.1 Å². The van der Waals surface area contributed by atoms with Crippen LogP contribution in [-0.2, 0) is 17.8 Å². The number of rotatable bonds is 3. The standard InChI is InChI=1S/C17H21N5O2S/c1-5-9(2)19-15(23)13-20-14-12-10-6-17(3,4)24-7-11(10)25-16(12)18-8-22(14)21-13/h8-9H,5-7H2,1-4H3,(H,19,23)/t9-/m0/s1. The largest absolute Gasteiger partial charge is 0.370 e. The number of aromatic nitrogens is 4. The van der Waals surface area contributed by atoms with Gasteiger partial charge >= 0.3 is 0 Å². The monoisotopic (exact) mass is 359 g/mol. The normalized spacial score (nSPS) is 17.6. The van der Waals surface area contributed by atoms with Gasteiger partial charge in [-0.1, -0.05) is 6.92 Å². The first-order valence-electron chi connectivity index (χ1n) is 8.48. The smallest absolute Gasteiger partial charge is 0.291 e. The summed E-state index contributed by atoms with van der Waals surface area (Å²) in [5, 5.41) is 8.22. The third-order valence-corrected chi connectivity index (χ3v) is 5.71. The maximum atomic E-state index is 12.4. The zero-order valence-corrected chi connectivity index (χ0v) is 15.6. The minimum absolute atomic E-state index is 0.0871. The van der Waals surface area contributed by atoms with Crippen molar-refractivity contribution in [3.63, 3.8) is 0 Å². The molecular weight excluding hydrogens is 338 g/mol. The van der Waals surface area contributed by atoms with Crippen LogP contribution in [0.4, 0.5) is 0 Å². The molecule has 3 aromatic rings. The number of hydrogen-bond acceptors (Lipinski definition) is 6. The Balaban J connectivity index is 1.84. The quantitative estimate of drug-likeness (QED) is 0.778. The lowest BCUT2D eigenvalue weighted by Gasteiger charge is -2.30. The van der Waals surface area contributed by atoms with E-state index in [4.69, 9.17) is 4.74 Å². The third-order valence-electron chi connectivity index (χ3n) is 4.60. The molecule has 1 amide bonds. The van der Waals surface area contributed by atoms with Gasteiger partial charge in [0.05, 0.1) is 17.6 Å². The molecule has 0 fully saturated rings. The van der Waals surface area contributed by atoms with Gasteiger partial charge in [0.1, 0.15) is 11.2 Å². The summed E-state index contributed by atoms with van der Waals surface area (Å²) in [6, 6.07) is 0.0871. The van der Waals surface area contributed by atoms with Gasteiger partial charge in [-0.2, -0.15) is 0 Å². The minimum Gasteiger partial charge on any atom is -0.370 e. The highest BCUT2D eigenvalue weighted by atomic mass is 32.1. The zero-order chi connectivity index (χ0) is 17.8. The molecule has 1 aliphatic heterocycles. The second kappa shape index (κ2) is 5.74. The number of nitrogens with zero attached hydrogens (tertiary/aromatic N) is 4. The first-order valence-corrected chi connectivity index (χ1v) is 9.30. The van der Waals surface area contributed by atoms with Gasteiger partial charge in [0, 0.05) is 17.3 Å². The molecule has 3 aromatic heterocycles. The number of ether oxygens (including phenoxy) is 1. The number of hydrogen-bond donors (Lipinski definition) is 1. The van der Waals surface area contributed by atoms with Crippen LogP contribution in [0.25, 0.3) is 15.9 Å². The van der Waals surface area contributed by atoms with E-state index in [9.17, 15) is 4.79 Å². The Morgan fingerprint density at radius 1 is 1.52 bits per heavy atom. The van der Waals surface area contributed by atoms with Crippen LogP contribution in [0.2, 0.25) is 0 Å². The van der Waals surface area contributed by atoms with Gasteiger partial charge in [0.2, 0.25) is 5.82 Å². The van der Waals surface area contributed by atoms with Gasteiger partial charge in [-0.05, 0) is 32.8 Å². The van der Waals surface area contributed by atoms with Crippen LogP contribution < -0.4 is 5.32 Å². The predicted octanol–water partition coefficient (Wildman–Crippen LogP) is 2.72. The summed E-state index contributed by atoms with van der Waals surface area (Å²) in [7, 11) is 0. The highest BCUT2D eigenvalue weighted by Crippen LogP contribution is 2.39. The van der Waals surface area contributed by atoms with Crippen molar-refractivity contribution in [3.8, 4) is 0 Å². The Kier molecular flexibility index (Phi) is 3.77. The molecule has 1 N–H and O–H groups in total. The van der Waals surface area contributed by atoms with Crippen molar-refractivity contribution in [3.05, 3.63) is 22.6 Å². The van der Waals surface area contributed by atoms with Gasteiger partial charge in [-0.3, -0.25) is 4.79 Å². The number of carbonyl (C=O) groups is 1. The molecule has 132 valence electrons. The zero-order valence-electron chi connectivity index (χ0n) is 14.8. The first-order chi connectivity index (χ1) is 11.9. The molecule has 0 saturated heterocycles. The average molecular weight is 359 g/mol. The fourth-order valence-corrected chi connectivity index (χ4v) is 4.09. The molecule has 25 heavy (non-hydrogen) atoms. The van der Waals surface area contributed by atoms with E-state index in [1.807, 2.05) is 13.8 Å². The van der Waals surface area contributed by atoms with Crippen LogP contribution in [0.1, 0.15) is 55.2 Å². The summed E-state index contributed by atoms with van der Waals surface area (Å²) in [6.45, 7) is 8.75. The minimum atomic E-state index is -0.251. The third kappa shape index (κ3) is 2.79. The highest BCUT2D eigenvalue weighted by molar-refractivity contribution is 7.19. The number of fused-ring (bicyclic) bond motifs is 5. The van der Waals surface area contributed by atoms with Crippen molar-refractivity contribution < 1.29 is 9.53 Å². The molecule has 0 aromatic carbocycles.